The normalized spacial score (nSPS) is 16.8. The van der Waals surface area contributed by atoms with Crippen molar-refractivity contribution in [3.63, 3.8) is 0 Å². The molecule has 7 nitrogen and oxygen atoms in total. The molecule has 1 N–H and O–H groups in total. The van der Waals surface area contributed by atoms with Crippen LogP contribution in [0.25, 0.3) is 17.0 Å². The zero-order chi connectivity index (χ0) is 24.7. The van der Waals surface area contributed by atoms with Crippen LogP contribution in [0.4, 0.5) is 0 Å². The summed E-state index contributed by atoms with van der Waals surface area (Å²) in [5.74, 6) is 0.613. The van der Waals surface area contributed by atoms with E-state index in [2.05, 4.69) is 14.7 Å². The molecule has 0 atom stereocenters. The highest BCUT2D eigenvalue weighted by Gasteiger charge is 2.36. The van der Waals surface area contributed by atoms with Gasteiger partial charge in [0.25, 0.3) is 5.91 Å². The first kappa shape index (κ1) is 23.4. The van der Waals surface area contributed by atoms with Gasteiger partial charge in [0.1, 0.15) is 17.4 Å². The Hall–Kier alpha value is -3.36. The molecule has 0 spiro atoms. The second-order valence-electron chi connectivity index (χ2n) is 8.67. The van der Waals surface area contributed by atoms with Crippen molar-refractivity contribution in [2.45, 2.75) is 27.3 Å². The summed E-state index contributed by atoms with van der Waals surface area (Å²) in [6.45, 7) is 7.11. The molecule has 5 rings (SSSR count). The Morgan fingerprint density at radius 1 is 1.23 bits per heavy atom. The minimum Gasteiger partial charge on any atom is -0.491 e. The number of rotatable bonds is 6. The van der Waals surface area contributed by atoms with E-state index in [0.29, 0.717) is 23.3 Å². The number of aromatic nitrogens is 1. The number of carbonyl (C=O) groups is 1. The molecule has 0 saturated carbocycles. The van der Waals surface area contributed by atoms with Gasteiger partial charge in [0, 0.05) is 33.6 Å². The Labute approximate surface area is 212 Å². The molecule has 0 fully saturated rings. The van der Waals surface area contributed by atoms with Crippen LogP contribution in [-0.2, 0) is 11.3 Å². The summed E-state index contributed by atoms with van der Waals surface area (Å²) >= 11 is 7.39. The van der Waals surface area contributed by atoms with Gasteiger partial charge in [-0.05, 0) is 54.6 Å². The lowest BCUT2D eigenvalue weighted by molar-refractivity contribution is -0.114. The largest absolute Gasteiger partial charge is 0.491 e. The fourth-order valence-electron chi connectivity index (χ4n) is 4.00. The molecule has 2 aliphatic heterocycles. The molecule has 178 valence electrons. The second-order valence-corrected chi connectivity index (χ2v) is 10.1. The summed E-state index contributed by atoms with van der Waals surface area (Å²) in [5.41, 5.74) is 3.07. The maximum atomic E-state index is 12.8. The third kappa shape index (κ3) is 4.51. The van der Waals surface area contributed by atoms with Crippen molar-refractivity contribution < 1.29 is 9.53 Å². The van der Waals surface area contributed by atoms with Gasteiger partial charge in [0.05, 0.1) is 12.1 Å². The molecule has 2 aromatic carbocycles. The smallest absolute Gasteiger partial charge is 0.283 e. The highest BCUT2D eigenvalue weighted by molar-refractivity contribution is 8.27. The summed E-state index contributed by atoms with van der Waals surface area (Å²) in [7, 11) is 0. The molecule has 2 aliphatic rings. The average Bonchev–Trinajstić information content (AvgIpc) is 3.40. The van der Waals surface area contributed by atoms with Gasteiger partial charge in [-0.15, -0.1) is 0 Å². The van der Waals surface area contributed by atoms with Gasteiger partial charge < -0.3 is 9.30 Å². The average molecular weight is 506 g/mol. The SMILES string of the molecule is Cc1cc(Cl)ccc1OCCn1cc(C=C2C(=N)N3N=C(C(C)C)SC3=NC2=O)c2ccccc21. The molecule has 0 bridgehead atoms. The van der Waals surface area contributed by atoms with Crippen LogP contribution in [0.5, 0.6) is 5.75 Å². The van der Waals surface area contributed by atoms with Gasteiger partial charge in [-0.3, -0.25) is 10.2 Å². The number of fused-ring (bicyclic) bond motifs is 2. The van der Waals surface area contributed by atoms with Crippen molar-refractivity contribution in [2.24, 2.45) is 16.0 Å². The monoisotopic (exact) mass is 505 g/mol. The molecule has 0 saturated heterocycles. The number of amides is 1. The number of aryl methyl sites for hydroxylation is 1. The first-order chi connectivity index (χ1) is 16.8. The Bertz CT molecular complexity index is 1450. The summed E-state index contributed by atoms with van der Waals surface area (Å²) < 4.78 is 8.09. The number of halogens is 1. The Morgan fingerprint density at radius 3 is 2.80 bits per heavy atom. The minimum atomic E-state index is -0.424. The number of ether oxygens (including phenoxy) is 1. The van der Waals surface area contributed by atoms with Crippen molar-refractivity contribution in [3.05, 3.63) is 70.4 Å². The van der Waals surface area contributed by atoms with Crippen molar-refractivity contribution in [2.75, 3.05) is 6.61 Å². The van der Waals surface area contributed by atoms with E-state index in [1.165, 1.54) is 16.8 Å². The fourth-order valence-corrected chi connectivity index (χ4v) is 5.12. The summed E-state index contributed by atoms with van der Waals surface area (Å²) in [6.07, 6.45) is 3.72. The fraction of sp³-hybridized carbons (Fsp3) is 0.231. The molecule has 3 aromatic rings. The van der Waals surface area contributed by atoms with Gasteiger partial charge in [0.15, 0.2) is 5.84 Å². The summed E-state index contributed by atoms with van der Waals surface area (Å²) in [5, 5.41) is 17.5. The highest BCUT2D eigenvalue weighted by Crippen LogP contribution is 2.32. The van der Waals surface area contributed by atoms with E-state index in [4.69, 9.17) is 21.7 Å². The van der Waals surface area contributed by atoms with Crippen molar-refractivity contribution in [1.82, 2.24) is 9.58 Å². The maximum absolute atomic E-state index is 12.8. The van der Waals surface area contributed by atoms with Crippen LogP contribution in [-0.4, -0.2) is 38.1 Å². The number of para-hydroxylation sites is 1. The topological polar surface area (TPSA) is 83.0 Å². The summed E-state index contributed by atoms with van der Waals surface area (Å²) in [4.78, 5) is 17.0. The lowest BCUT2D eigenvalue weighted by Gasteiger charge is -2.20. The van der Waals surface area contributed by atoms with E-state index in [1.54, 1.807) is 6.08 Å². The van der Waals surface area contributed by atoms with Crippen molar-refractivity contribution in [3.8, 4) is 5.75 Å². The van der Waals surface area contributed by atoms with E-state index in [0.717, 1.165) is 32.8 Å². The number of thioether (sulfide) groups is 1. The zero-order valence-corrected chi connectivity index (χ0v) is 21.2. The molecular weight excluding hydrogens is 482 g/mol. The number of hydrazone groups is 1. The highest BCUT2D eigenvalue weighted by atomic mass is 35.5. The molecule has 0 aliphatic carbocycles. The predicted molar refractivity (Wildman–Crippen MR) is 143 cm³/mol. The summed E-state index contributed by atoms with van der Waals surface area (Å²) in [6, 6.07) is 13.6. The van der Waals surface area contributed by atoms with E-state index in [9.17, 15) is 4.79 Å². The molecule has 9 heteroatoms. The quantitative estimate of drug-likeness (QED) is 0.419. The third-order valence-electron chi connectivity index (χ3n) is 5.81. The second kappa shape index (κ2) is 9.36. The minimum absolute atomic E-state index is 0.0431. The van der Waals surface area contributed by atoms with E-state index >= 15 is 0 Å². The van der Waals surface area contributed by atoms with Gasteiger partial charge in [-0.2, -0.15) is 15.1 Å². The number of carbonyl (C=O) groups excluding carboxylic acids is 1. The van der Waals surface area contributed by atoms with Crippen LogP contribution in [0, 0.1) is 18.3 Å². The number of hydrogen-bond donors (Lipinski definition) is 1. The number of amidine groups is 2. The number of nitrogens with zero attached hydrogens (tertiary/aromatic N) is 4. The van der Waals surface area contributed by atoms with Crippen LogP contribution in [0.1, 0.15) is 25.0 Å². The van der Waals surface area contributed by atoms with Crippen LogP contribution >= 0.6 is 23.4 Å². The van der Waals surface area contributed by atoms with Crippen LogP contribution in [0.3, 0.4) is 0 Å². The number of aliphatic imine (C=N–C) groups is 1. The van der Waals surface area contributed by atoms with Crippen molar-refractivity contribution in [1.29, 1.82) is 5.41 Å². The molecule has 0 unspecified atom stereocenters. The van der Waals surface area contributed by atoms with Crippen LogP contribution in [0.2, 0.25) is 5.02 Å². The molecule has 35 heavy (non-hydrogen) atoms. The van der Waals surface area contributed by atoms with Gasteiger partial charge in [-0.25, -0.2) is 0 Å². The number of hydrogen-bond acceptors (Lipinski definition) is 5. The van der Waals surface area contributed by atoms with Gasteiger partial charge in [0.2, 0.25) is 5.17 Å². The van der Waals surface area contributed by atoms with Crippen molar-refractivity contribution >= 4 is 62.3 Å². The Morgan fingerprint density at radius 2 is 2.03 bits per heavy atom. The molecular formula is C26H24ClN5O2S. The standard InChI is InChI=1S/C26H24ClN5O2S/c1-15(2)25-30-32-23(28)20(24(33)29-26(32)35-25)13-17-14-31(21-7-5-4-6-19(17)21)10-11-34-22-9-8-18(27)12-16(22)3/h4-9,12-15,28H,10-11H2,1-3H3. The number of benzene rings is 2. The lowest BCUT2D eigenvalue weighted by Crippen LogP contribution is -2.35. The first-order valence-electron chi connectivity index (χ1n) is 11.3. The van der Waals surface area contributed by atoms with Gasteiger partial charge in [-0.1, -0.05) is 43.6 Å². The van der Waals surface area contributed by atoms with E-state index in [-0.39, 0.29) is 17.3 Å². The molecule has 1 aromatic heterocycles. The van der Waals surface area contributed by atoms with Gasteiger partial charge >= 0.3 is 0 Å². The van der Waals surface area contributed by atoms with Crippen LogP contribution in [0.15, 0.2) is 64.3 Å². The first-order valence-corrected chi connectivity index (χ1v) is 12.5. The Balaban J connectivity index is 1.42. The molecule has 0 radical (unpaired) electrons. The zero-order valence-electron chi connectivity index (χ0n) is 19.6. The molecule has 3 heterocycles. The maximum Gasteiger partial charge on any atom is 0.283 e. The Kier molecular flexibility index (Phi) is 6.25. The van der Waals surface area contributed by atoms with E-state index < -0.39 is 5.91 Å². The number of nitrogens with one attached hydrogen (secondary N) is 1. The third-order valence-corrected chi connectivity index (χ3v) is 7.25. The predicted octanol–water partition coefficient (Wildman–Crippen LogP) is 5.96. The lowest BCUT2D eigenvalue weighted by atomic mass is 10.1. The van der Waals surface area contributed by atoms with E-state index in [1.807, 2.05) is 69.4 Å². The van der Waals surface area contributed by atoms with Crippen LogP contribution < -0.4 is 4.74 Å². The molecule has 1 amide bonds.